The number of aliphatic imine (C=N–C) groups is 1. The van der Waals surface area contributed by atoms with E-state index in [-0.39, 0.29) is 5.91 Å². The van der Waals surface area contributed by atoms with Gasteiger partial charge in [-0.2, -0.15) is 0 Å². The highest BCUT2D eigenvalue weighted by atomic mass is 16.2. The molecular weight excluding hydrogens is 394 g/mol. The summed E-state index contributed by atoms with van der Waals surface area (Å²) in [5.41, 5.74) is 6.22. The number of hydrogen-bond donors (Lipinski definition) is 0. The third kappa shape index (κ3) is 2.70. The van der Waals surface area contributed by atoms with Crippen molar-refractivity contribution in [2.24, 2.45) is 4.99 Å². The van der Waals surface area contributed by atoms with Gasteiger partial charge in [-0.15, -0.1) is 0 Å². The van der Waals surface area contributed by atoms with Gasteiger partial charge in [0.15, 0.2) is 0 Å². The van der Waals surface area contributed by atoms with Crippen molar-refractivity contribution in [1.82, 2.24) is 4.57 Å². The van der Waals surface area contributed by atoms with Crippen molar-refractivity contribution in [3.05, 3.63) is 103 Å². The molecule has 4 heteroatoms. The fraction of sp³-hybridized carbons (Fsp3) is 0.0714. The van der Waals surface area contributed by atoms with Crippen LogP contribution < -0.4 is 4.90 Å². The molecule has 0 radical (unpaired) electrons. The van der Waals surface area contributed by atoms with Crippen LogP contribution in [0, 0.1) is 0 Å². The molecule has 5 aromatic rings. The van der Waals surface area contributed by atoms with Gasteiger partial charge >= 0.3 is 0 Å². The van der Waals surface area contributed by atoms with E-state index >= 15 is 0 Å². The Morgan fingerprint density at radius 3 is 2.31 bits per heavy atom. The lowest BCUT2D eigenvalue weighted by molar-refractivity contribution is -0.111. The van der Waals surface area contributed by atoms with Crippen molar-refractivity contribution in [2.45, 2.75) is 13.5 Å². The van der Waals surface area contributed by atoms with Gasteiger partial charge in [-0.25, -0.2) is 4.99 Å². The maximum Gasteiger partial charge on any atom is 0.282 e. The van der Waals surface area contributed by atoms with E-state index in [2.05, 4.69) is 47.9 Å². The first-order chi connectivity index (χ1) is 15.8. The highest BCUT2D eigenvalue weighted by Gasteiger charge is 2.34. The van der Waals surface area contributed by atoms with Crippen LogP contribution >= 0.6 is 0 Å². The SMILES string of the molecule is CCn1c2ccccc2c2cc(N=C3C(=O)N(c4ccccc4)c4ccccc43)ccc21. The molecule has 0 saturated carbocycles. The molecule has 4 nitrogen and oxygen atoms in total. The first-order valence-electron chi connectivity index (χ1n) is 10.8. The van der Waals surface area contributed by atoms with E-state index in [0.29, 0.717) is 5.71 Å². The summed E-state index contributed by atoms with van der Waals surface area (Å²) in [6.07, 6.45) is 0. The van der Waals surface area contributed by atoms with Crippen LogP contribution in [0.15, 0.2) is 102 Å². The minimum absolute atomic E-state index is 0.103. The Morgan fingerprint density at radius 1 is 0.750 bits per heavy atom. The minimum Gasteiger partial charge on any atom is -0.341 e. The zero-order chi connectivity index (χ0) is 21.7. The van der Waals surface area contributed by atoms with Gasteiger partial charge < -0.3 is 4.57 Å². The molecule has 0 unspecified atom stereocenters. The highest BCUT2D eigenvalue weighted by Crippen LogP contribution is 2.37. The molecule has 0 fully saturated rings. The fourth-order valence-electron chi connectivity index (χ4n) is 4.72. The van der Waals surface area contributed by atoms with E-state index < -0.39 is 0 Å². The van der Waals surface area contributed by atoms with E-state index in [1.165, 1.54) is 16.4 Å². The molecule has 6 rings (SSSR count). The van der Waals surface area contributed by atoms with Gasteiger partial charge in [0.05, 0.1) is 11.4 Å². The zero-order valence-electron chi connectivity index (χ0n) is 17.7. The third-order valence-electron chi connectivity index (χ3n) is 6.13. The summed E-state index contributed by atoms with van der Waals surface area (Å²) in [5, 5.41) is 2.36. The average Bonchev–Trinajstić information content (AvgIpc) is 3.31. The second-order valence-electron chi connectivity index (χ2n) is 7.92. The molecule has 0 N–H and O–H groups in total. The lowest BCUT2D eigenvalue weighted by atomic mass is 10.1. The Bertz CT molecular complexity index is 1530. The summed E-state index contributed by atoms with van der Waals surface area (Å²) in [6.45, 7) is 3.06. The Morgan fingerprint density at radius 2 is 1.47 bits per heavy atom. The molecule has 4 aromatic carbocycles. The van der Waals surface area contributed by atoms with Gasteiger partial charge in [0.25, 0.3) is 5.91 Å². The lowest BCUT2D eigenvalue weighted by Gasteiger charge is -2.16. The van der Waals surface area contributed by atoms with Crippen LogP contribution in [0.1, 0.15) is 12.5 Å². The van der Waals surface area contributed by atoms with Gasteiger partial charge in [0, 0.05) is 39.6 Å². The summed E-state index contributed by atoms with van der Waals surface area (Å²) >= 11 is 0. The van der Waals surface area contributed by atoms with Gasteiger partial charge in [0.2, 0.25) is 0 Å². The normalized spacial score (nSPS) is 14.6. The Kier molecular flexibility index (Phi) is 4.18. The smallest absolute Gasteiger partial charge is 0.282 e. The van der Waals surface area contributed by atoms with E-state index in [0.717, 1.165) is 34.6 Å². The number of rotatable bonds is 3. The van der Waals surface area contributed by atoms with E-state index in [1.54, 1.807) is 4.90 Å². The predicted molar refractivity (Wildman–Crippen MR) is 131 cm³/mol. The standard InChI is InChI=1S/C28H21N3O/c1-2-30-24-14-8-6-12-21(24)23-18-19(16-17-25(23)30)29-27-22-13-7-9-15-26(22)31(28(27)32)20-10-4-3-5-11-20/h3-18H,2H2,1H3. The van der Waals surface area contributed by atoms with E-state index in [9.17, 15) is 4.79 Å². The fourth-order valence-corrected chi connectivity index (χ4v) is 4.72. The Balaban J connectivity index is 1.52. The van der Waals surface area contributed by atoms with Gasteiger partial charge in [-0.1, -0.05) is 54.6 Å². The molecule has 1 aliphatic rings. The van der Waals surface area contributed by atoms with Crippen molar-refractivity contribution in [2.75, 3.05) is 4.90 Å². The number of aromatic nitrogens is 1. The maximum atomic E-state index is 13.5. The van der Waals surface area contributed by atoms with Crippen LogP contribution in [0.3, 0.4) is 0 Å². The molecule has 1 aliphatic heterocycles. The molecule has 0 spiro atoms. The summed E-state index contributed by atoms with van der Waals surface area (Å²) in [5.74, 6) is -0.103. The number of aryl methyl sites for hydroxylation is 1. The predicted octanol–water partition coefficient (Wildman–Crippen LogP) is 6.61. The molecule has 1 amide bonds. The number of anilines is 2. The van der Waals surface area contributed by atoms with Crippen LogP contribution in [0.2, 0.25) is 0 Å². The topological polar surface area (TPSA) is 37.6 Å². The van der Waals surface area contributed by atoms with Gasteiger partial charge in [-0.3, -0.25) is 9.69 Å². The average molecular weight is 415 g/mol. The molecular formula is C28H21N3O. The van der Waals surface area contributed by atoms with Crippen LogP contribution in [-0.4, -0.2) is 16.2 Å². The second-order valence-corrected chi connectivity index (χ2v) is 7.92. The first kappa shape index (κ1) is 18.6. The number of carbonyl (C=O) groups is 1. The summed E-state index contributed by atoms with van der Waals surface area (Å²) in [7, 11) is 0. The quantitative estimate of drug-likeness (QED) is 0.326. The largest absolute Gasteiger partial charge is 0.341 e. The van der Waals surface area contributed by atoms with E-state index in [4.69, 9.17) is 4.99 Å². The number of amides is 1. The number of benzene rings is 4. The van der Waals surface area contributed by atoms with Crippen LogP contribution in [0.5, 0.6) is 0 Å². The molecule has 0 atom stereocenters. The van der Waals surface area contributed by atoms with Crippen molar-refractivity contribution in [3.63, 3.8) is 0 Å². The number of fused-ring (bicyclic) bond motifs is 4. The number of hydrogen-bond acceptors (Lipinski definition) is 2. The zero-order valence-corrected chi connectivity index (χ0v) is 17.7. The second kappa shape index (κ2) is 7.20. The van der Waals surface area contributed by atoms with Crippen molar-refractivity contribution >= 4 is 50.5 Å². The molecule has 0 aliphatic carbocycles. The van der Waals surface area contributed by atoms with Crippen LogP contribution in [0.25, 0.3) is 21.8 Å². The Hall–Kier alpha value is -4.18. The van der Waals surface area contributed by atoms with Gasteiger partial charge in [-0.05, 0) is 49.4 Å². The minimum atomic E-state index is -0.103. The van der Waals surface area contributed by atoms with Crippen LogP contribution in [-0.2, 0) is 11.3 Å². The summed E-state index contributed by atoms with van der Waals surface area (Å²) in [4.78, 5) is 20.1. The Labute approximate surface area is 186 Å². The van der Waals surface area contributed by atoms with Crippen molar-refractivity contribution < 1.29 is 4.79 Å². The lowest BCUT2D eigenvalue weighted by Crippen LogP contribution is -2.25. The summed E-state index contributed by atoms with van der Waals surface area (Å²) in [6, 6.07) is 32.2. The maximum absolute atomic E-state index is 13.5. The molecule has 0 bridgehead atoms. The van der Waals surface area contributed by atoms with Crippen molar-refractivity contribution in [3.8, 4) is 0 Å². The van der Waals surface area contributed by atoms with Crippen LogP contribution in [0.4, 0.5) is 17.1 Å². The van der Waals surface area contributed by atoms with E-state index in [1.807, 2.05) is 60.7 Å². The van der Waals surface area contributed by atoms with Crippen molar-refractivity contribution in [1.29, 1.82) is 0 Å². The molecule has 154 valence electrons. The first-order valence-corrected chi connectivity index (χ1v) is 10.8. The van der Waals surface area contributed by atoms with Gasteiger partial charge in [0.1, 0.15) is 5.71 Å². The third-order valence-corrected chi connectivity index (χ3v) is 6.13. The number of nitrogens with zero attached hydrogens (tertiary/aromatic N) is 3. The number of para-hydroxylation sites is 3. The highest BCUT2D eigenvalue weighted by molar-refractivity contribution is 6.56. The molecule has 32 heavy (non-hydrogen) atoms. The summed E-state index contributed by atoms with van der Waals surface area (Å²) < 4.78 is 2.31. The molecule has 1 aromatic heterocycles. The molecule has 0 saturated heterocycles. The number of carbonyl (C=O) groups excluding carboxylic acids is 1. The monoisotopic (exact) mass is 415 g/mol. The molecule has 2 heterocycles.